The zero-order chi connectivity index (χ0) is 14.7. The Morgan fingerprint density at radius 3 is 2.62 bits per heavy atom. The third kappa shape index (κ3) is 2.71. The van der Waals surface area contributed by atoms with Crippen LogP contribution >= 0.6 is 0 Å². The van der Waals surface area contributed by atoms with E-state index in [0.717, 1.165) is 25.9 Å². The van der Waals surface area contributed by atoms with Crippen molar-refractivity contribution < 1.29 is 9.26 Å². The maximum absolute atomic E-state index is 5.59. The highest BCUT2D eigenvalue weighted by Gasteiger charge is 2.42. The lowest BCUT2D eigenvalue weighted by Crippen LogP contribution is -2.41. The van der Waals surface area contributed by atoms with Gasteiger partial charge in [0.2, 0.25) is 5.89 Å². The van der Waals surface area contributed by atoms with Gasteiger partial charge in [-0.2, -0.15) is 4.98 Å². The second-order valence-electron chi connectivity index (χ2n) is 5.70. The summed E-state index contributed by atoms with van der Waals surface area (Å²) in [5.74, 6) is 1.33. The van der Waals surface area contributed by atoms with Crippen LogP contribution in [-0.2, 0) is 16.8 Å². The summed E-state index contributed by atoms with van der Waals surface area (Å²) in [6.07, 6.45) is 1.98. The number of piperidine rings is 1. The number of likely N-dealkylation sites (tertiary alicyclic amines) is 1. The summed E-state index contributed by atoms with van der Waals surface area (Å²) in [7, 11) is 3.79. The van der Waals surface area contributed by atoms with Crippen molar-refractivity contribution in [1.82, 2.24) is 15.0 Å². The zero-order valence-corrected chi connectivity index (χ0v) is 12.6. The van der Waals surface area contributed by atoms with Gasteiger partial charge in [0.1, 0.15) is 6.61 Å². The van der Waals surface area contributed by atoms with Crippen LogP contribution in [0, 0.1) is 0 Å². The minimum atomic E-state index is -0.174. The summed E-state index contributed by atoms with van der Waals surface area (Å²) >= 11 is 0. The van der Waals surface area contributed by atoms with Gasteiger partial charge in [-0.15, -0.1) is 0 Å². The molecule has 1 aromatic carbocycles. The summed E-state index contributed by atoms with van der Waals surface area (Å²) in [4.78, 5) is 6.92. The molecule has 5 heteroatoms. The van der Waals surface area contributed by atoms with E-state index >= 15 is 0 Å². The molecule has 0 radical (unpaired) electrons. The molecule has 0 unspecified atom stereocenters. The lowest BCUT2D eigenvalue weighted by atomic mass is 9.72. The van der Waals surface area contributed by atoms with Gasteiger partial charge in [-0.1, -0.05) is 35.5 Å². The predicted molar refractivity (Wildman–Crippen MR) is 79.0 cm³/mol. The molecular weight excluding hydrogens is 266 g/mol. The number of hydrogen-bond acceptors (Lipinski definition) is 5. The van der Waals surface area contributed by atoms with Crippen molar-refractivity contribution in [3.63, 3.8) is 0 Å². The maximum Gasteiger partial charge on any atom is 0.237 e. The monoisotopic (exact) mass is 287 g/mol. The van der Waals surface area contributed by atoms with E-state index in [2.05, 4.69) is 46.4 Å². The van der Waals surface area contributed by atoms with Crippen LogP contribution in [0.2, 0.25) is 0 Å². The molecule has 0 saturated carbocycles. The fourth-order valence-corrected chi connectivity index (χ4v) is 3.02. The summed E-state index contributed by atoms with van der Waals surface area (Å²) in [6.45, 7) is 2.43. The van der Waals surface area contributed by atoms with Gasteiger partial charge in [-0.05, 0) is 38.5 Å². The number of benzene rings is 1. The molecule has 1 aliphatic rings. The standard InChI is InChI=1S/C16H21N3O2/c1-19-10-8-16(9-11-19,13-6-4-3-5-7-13)15-17-14(12-20-2)18-21-15/h3-7H,8-12H2,1-2H3. The molecule has 1 fully saturated rings. The van der Waals surface area contributed by atoms with Crippen molar-refractivity contribution >= 4 is 0 Å². The lowest BCUT2D eigenvalue weighted by molar-refractivity contribution is 0.171. The highest BCUT2D eigenvalue weighted by Crippen LogP contribution is 2.40. The first-order valence-corrected chi connectivity index (χ1v) is 7.31. The molecule has 3 rings (SSSR count). The van der Waals surface area contributed by atoms with E-state index in [1.807, 2.05) is 6.07 Å². The molecule has 2 heterocycles. The molecule has 0 spiro atoms. The average molecular weight is 287 g/mol. The first-order valence-electron chi connectivity index (χ1n) is 7.31. The van der Waals surface area contributed by atoms with Gasteiger partial charge >= 0.3 is 0 Å². The molecular formula is C16H21N3O2. The first-order chi connectivity index (χ1) is 10.2. The molecule has 0 amide bonds. The Morgan fingerprint density at radius 1 is 1.24 bits per heavy atom. The molecule has 0 atom stereocenters. The molecule has 0 bridgehead atoms. The second kappa shape index (κ2) is 5.95. The fraction of sp³-hybridized carbons (Fsp3) is 0.500. The minimum absolute atomic E-state index is 0.174. The van der Waals surface area contributed by atoms with Crippen molar-refractivity contribution in [2.24, 2.45) is 0 Å². The molecule has 1 aliphatic heterocycles. The quantitative estimate of drug-likeness (QED) is 0.863. The minimum Gasteiger partial charge on any atom is -0.377 e. The van der Waals surface area contributed by atoms with E-state index in [-0.39, 0.29) is 5.41 Å². The predicted octanol–water partition coefficient (Wildman–Crippen LogP) is 2.23. The van der Waals surface area contributed by atoms with Crippen LogP contribution in [0.4, 0.5) is 0 Å². The van der Waals surface area contributed by atoms with Crippen molar-refractivity contribution in [2.75, 3.05) is 27.2 Å². The fourth-order valence-electron chi connectivity index (χ4n) is 3.02. The number of hydrogen-bond donors (Lipinski definition) is 0. The molecule has 0 aliphatic carbocycles. The van der Waals surface area contributed by atoms with Crippen molar-refractivity contribution in [2.45, 2.75) is 24.9 Å². The van der Waals surface area contributed by atoms with Gasteiger partial charge in [0, 0.05) is 7.11 Å². The lowest BCUT2D eigenvalue weighted by Gasteiger charge is -2.38. The van der Waals surface area contributed by atoms with Gasteiger partial charge in [0.25, 0.3) is 0 Å². The SMILES string of the molecule is COCc1noc(C2(c3ccccc3)CCN(C)CC2)n1. The van der Waals surface area contributed by atoms with E-state index < -0.39 is 0 Å². The van der Waals surface area contributed by atoms with Gasteiger partial charge in [-0.3, -0.25) is 0 Å². The Bertz CT molecular complexity index is 574. The Labute approximate surface area is 124 Å². The third-order valence-electron chi connectivity index (χ3n) is 4.32. The molecule has 21 heavy (non-hydrogen) atoms. The Balaban J connectivity index is 1.99. The number of rotatable bonds is 4. The van der Waals surface area contributed by atoms with Crippen molar-refractivity contribution in [3.8, 4) is 0 Å². The van der Waals surface area contributed by atoms with Gasteiger partial charge in [0.15, 0.2) is 5.82 Å². The normalized spacial score (nSPS) is 18.8. The van der Waals surface area contributed by atoms with Crippen LogP contribution in [0.1, 0.15) is 30.1 Å². The number of methoxy groups -OCH3 is 1. The largest absolute Gasteiger partial charge is 0.377 e. The number of aromatic nitrogens is 2. The molecule has 112 valence electrons. The van der Waals surface area contributed by atoms with Crippen LogP contribution in [0.3, 0.4) is 0 Å². The van der Waals surface area contributed by atoms with E-state index in [0.29, 0.717) is 18.3 Å². The number of nitrogens with zero attached hydrogens (tertiary/aromatic N) is 3. The Hall–Kier alpha value is -1.72. The third-order valence-corrected chi connectivity index (χ3v) is 4.32. The molecule has 1 saturated heterocycles. The molecule has 0 N–H and O–H groups in total. The van der Waals surface area contributed by atoms with Crippen molar-refractivity contribution in [1.29, 1.82) is 0 Å². The summed E-state index contributed by atoms with van der Waals surface area (Å²) < 4.78 is 10.7. The summed E-state index contributed by atoms with van der Waals surface area (Å²) in [6, 6.07) is 10.5. The van der Waals surface area contributed by atoms with E-state index in [9.17, 15) is 0 Å². The second-order valence-corrected chi connectivity index (χ2v) is 5.70. The zero-order valence-electron chi connectivity index (χ0n) is 12.6. The van der Waals surface area contributed by atoms with Crippen molar-refractivity contribution in [3.05, 3.63) is 47.6 Å². The Morgan fingerprint density at radius 2 is 1.95 bits per heavy atom. The topological polar surface area (TPSA) is 51.4 Å². The van der Waals surface area contributed by atoms with E-state index in [1.54, 1.807) is 7.11 Å². The van der Waals surface area contributed by atoms with Crippen LogP contribution in [0.5, 0.6) is 0 Å². The molecule has 2 aromatic rings. The van der Waals surface area contributed by atoms with Crippen LogP contribution < -0.4 is 0 Å². The van der Waals surface area contributed by atoms with Crippen LogP contribution in [0.15, 0.2) is 34.9 Å². The molecule has 1 aromatic heterocycles. The molecule has 5 nitrogen and oxygen atoms in total. The summed E-state index contributed by atoms with van der Waals surface area (Å²) in [5.41, 5.74) is 1.08. The van der Waals surface area contributed by atoms with Gasteiger partial charge < -0.3 is 14.2 Å². The van der Waals surface area contributed by atoms with Gasteiger partial charge in [-0.25, -0.2) is 0 Å². The highest BCUT2D eigenvalue weighted by atomic mass is 16.5. The summed E-state index contributed by atoms with van der Waals surface area (Å²) in [5, 5.41) is 4.05. The van der Waals surface area contributed by atoms with Gasteiger partial charge in [0.05, 0.1) is 5.41 Å². The van der Waals surface area contributed by atoms with Crippen LogP contribution in [-0.4, -0.2) is 42.3 Å². The van der Waals surface area contributed by atoms with E-state index in [4.69, 9.17) is 9.26 Å². The Kier molecular flexibility index (Phi) is 4.03. The maximum atomic E-state index is 5.59. The highest BCUT2D eigenvalue weighted by molar-refractivity contribution is 5.32. The number of ether oxygens (including phenoxy) is 1. The average Bonchev–Trinajstić information content (AvgIpc) is 2.99. The van der Waals surface area contributed by atoms with Crippen LogP contribution in [0.25, 0.3) is 0 Å². The first kappa shape index (κ1) is 14.2. The van der Waals surface area contributed by atoms with E-state index in [1.165, 1.54) is 5.56 Å². The smallest absolute Gasteiger partial charge is 0.237 e.